The molecule has 0 aliphatic carbocycles. The van der Waals surface area contributed by atoms with Gasteiger partial charge < -0.3 is 9.64 Å². The molecule has 0 spiro atoms. The van der Waals surface area contributed by atoms with Crippen LogP contribution in [0, 0.1) is 5.92 Å². The summed E-state index contributed by atoms with van der Waals surface area (Å²) in [6.45, 7) is 4.67. The van der Waals surface area contributed by atoms with Gasteiger partial charge in [0.15, 0.2) is 0 Å². The lowest BCUT2D eigenvalue weighted by Crippen LogP contribution is -2.43. The van der Waals surface area contributed by atoms with E-state index >= 15 is 0 Å². The van der Waals surface area contributed by atoms with Crippen LogP contribution < -0.4 is 4.74 Å². The summed E-state index contributed by atoms with van der Waals surface area (Å²) >= 11 is 0. The van der Waals surface area contributed by atoms with Crippen LogP contribution in [-0.4, -0.2) is 49.6 Å². The fourth-order valence-corrected chi connectivity index (χ4v) is 4.48. The van der Waals surface area contributed by atoms with Crippen molar-refractivity contribution in [2.24, 2.45) is 5.92 Å². The lowest BCUT2D eigenvalue weighted by atomic mass is 9.93. The lowest BCUT2D eigenvalue weighted by molar-refractivity contribution is 0.123. The van der Waals surface area contributed by atoms with Gasteiger partial charge in [0.25, 0.3) is 0 Å². The average Bonchev–Trinajstić information content (AvgIpc) is 2.84. The molecule has 2 aromatic rings. The van der Waals surface area contributed by atoms with E-state index in [1.165, 1.54) is 48.8 Å². The minimum atomic E-state index is 0.683. The number of piperidine rings is 1. The highest BCUT2D eigenvalue weighted by Crippen LogP contribution is 2.33. The first-order chi connectivity index (χ1) is 11.2. The molecule has 2 bridgehead atoms. The van der Waals surface area contributed by atoms with Gasteiger partial charge in [0.2, 0.25) is 0 Å². The van der Waals surface area contributed by atoms with Crippen LogP contribution in [0.5, 0.6) is 5.75 Å². The van der Waals surface area contributed by atoms with Gasteiger partial charge in [-0.25, -0.2) is 0 Å². The predicted molar refractivity (Wildman–Crippen MR) is 94.9 cm³/mol. The van der Waals surface area contributed by atoms with Crippen LogP contribution in [0.3, 0.4) is 0 Å². The monoisotopic (exact) mass is 310 g/mol. The number of methoxy groups -OCH3 is 1. The Hall–Kier alpha value is -1.58. The highest BCUT2D eigenvalue weighted by molar-refractivity contribution is 5.87. The van der Waals surface area contributed by atoms with Crippen LogP contribution in [-0.2, 0) is 6.54 Å². The Kier molecular flexibility index (Phi) is 4.00. The Balaban J connectivity index is 1.69. The maximum absolute atomic E-state index is 5.69. The van der Waals surface area contributed by atoms with Crippen molar-refractivity contribution in [3.8, 4) is 5.75 Å². The minimum Gasteiger partial charge on any atom is -0.496 e. The third-order valence-corrected chi connectivity index (χ3v) is 5.59. The van der Waals surface area contributed by atoms with Crippen LogP contribution in [0.25, 0.3) is 10.8 Å². The Morgan fingerprint density at radius 3 is 2.78 bits per heavy atom. The molecular formula is C20H26N2O. The van der Waals surface area contributed by atoms with E-state index in [0.29, 0.717) is 6.04 Å². The van der Waals surface area contributed by atoms with Crippen molar-refractivity contribution >= 4 is 10.8 Å². The second-order valence-corrected chi connectivity index (χ2v) is 7.22. The first-order valence-electron chi connectivity index (χ1n) is 8.72. The zero-order valence-electron chi connectivity index (χ0n) is 14.2. The molecule has 2 atom stereocenters. The van der Waals surface area contributed by atoms with E-state index in [1.54, 1.807) is 7.11 Å². The summed E-state index contributed by atoms with van der Waals surface area (Å²) in [7, 11) is 4.06. The highest BCUT2D eigenvalue weighted by Gasteiger charge is 2.33. The molecular weight excluding hydrogens is 284 g/mol. The average molecular weight is 310 g/mol. The number of likely N-dealkylation sites (N-methyl/N-ethyl adjacent to an activating group) is 1. The summed E-state index contributed by atoms with van der Waals surface area (Å²) < 4.78 is 5.69. The maximum Gasteiger partial charge on any atom is 0.123 e. The van der Waals surface area contributed by atoms with Crippen molar-refractivity contribution in [1.82, 2.24) is 9.80 Å². The molecule has 3 aliphatic heterocycles. The maximum atomic E-state index is 5.69. The van der Waals surface area contributed by atoms with E-state index in [4.69, 9.17) is 4.74 Å². The normalized spacial score (nSPS) is 25.7. The first kappa shape index (κ1) is 15.0. The number of benzene rings is 2. The van der Waals surface area contributed by atoms with Crippen molar-refractivity contribution in [1.29, 1.82) is 0 Å². The van der Waals surface area contributed by atoms with Crippen LogP contribution in [0.4, 0.5) is 0 Å². The van der Waals surface area contributed by atoms with Gasteiger partial charge in [-0.2, -0.15) is 0 Å². The molecule has 3 heterocycles. The van der Waals surface area contributed by atoms with Crippen LogP contribution in [0.2, 0.25) is 0 Å². The van der Waals surface area contributed by atoms with Gasteiger partial charge in [-0.3, -0.25) is 4.90 Å². The van der Waals surface area contributed by atoms with Gasteiger partial charge >= 0.3 is 0 Å². The summed E-state index contributed by atoms with van der Waals surface area (Å²) in [5.41, 5.74) is 1.35. The topological polar surface area (TPSA) is 15.7 Å². The van der Waals surface area contributed by atoms with Gasteiger partial charge in [-0.1, -0.05) is 30.3 Å². The van der Waals surface area contributed by atoms with Crippen molar-refractivity contribution in [2.75, 3.05) is 33.8 Å². The molecule has 0 radical (unpaired) electrons. The molecule has 0 unspecified atom stereocenters. The second-order valence-electron chi connectivity index (χ2n) is 7.22. The molecule has 122 valence electrons. The predicted octanol–water partition coefficient (Wildman–Crippen LogP) is 3.37. The molecule has 0 amide bonds. The highest BCUT2D eigenvalue weighted by atomic mass is 16.5. The molecule has 0 aromatic heterocycles. The van der Waals surface area contributed by atoms with Crippen molar-refractivity contribution in [2.45, 2.75) is 25.4 Å². The molecule has 23 heavy (non-hydrogen) atoms. The quantitative estimate of drug-likeness (QED) is 0.864. The summed E-state index contributed by atoms with van der Waals surface area (Å²) in [6, 6.07) is 13.6. The fraction of sp³-hybridized carbons (Fsp3) is 0.500. The zero-order chi connectivity index (χ0) is 15.8. The first-order valence-corrected chi connectivity index (χ1v) is 8.72. The second kappa shape index (κ2) is 6.14. The molecule has 3 heteroatoms. The largest absolute Gasteiger partial charge is 0.496 e. The molecule has 2 aromatic carbocycles. The standard InChI is InChI=1S/C20H26N2O/c1-21-11-15-7-9-17(13-21)22(12-15)14-19-18-6-4-3-5-16(18)8-10-20(19)23-2/h3-6,8,10,15,17H,7,9,11-14H2,1-2H3/t15-,17+/m1/s1. The number of fused-ring (bicyclic) bond motifs is 5. The van der Waals surface area contributed by atoms with Crippen LogP contribution >= 0.6 is 0 Å². The Bertz CT molecular complexity index is 699. The molecule has 3 fully saturated rings. The van der Waals surface area contributed by atoms with Crippen molar-refractivity contribution < 1.29 is 4.74 Å². The summed E-state index contributed by atoms with van der Waals surface area (Å²) in [4.78, 5) is 5.21. The summed E-state index contributed by atoms with van der Waals surface area (Å²) in [5.74, 6) is 1.84. The molecule has 5 rings (SSSR count). The number of nitrogens with zero attached hydrogens (tertiary/aromatic N) is 2. The molecule has 0 N–H and O–H groups in total. The molecule has 3 saturated heterocycles. The molecule has 3 aliphatic rings. The van der Waals surface area contributed by atoms with Gasteiger partial charge in [-0.05, 0) is 42.6 Å². The van der Waals surface area contributed by atoms with Crippen LogP contribution in [0.1, 0.15) is 18.4 Å². The third kappa shape index (κ3) is 2.84. The van der Waals surface area contributed by atoms with Crippen molar-refractivity contribution in [3.63, 3.8) is 0 Å². The number of ether oxygens (including phenoxy) is 1. The van der Waals surface area contributed by atoms with Gasteiger partial charge in [0.05, 0.1) is 7.11 Å². The fourth-order valence-electron chi connectivity index (χ4n) is 4.48. The van der Waals surface area contributed by atoms with E-state index in [9.17, 15) is 0 Å². The summed E-state index contributed by atoms with van der Waals surface area (Å²) in [6.07, 6.45) is 2.72. The Labute approximate surface area is 138 Å². The van der Waals surface area contributed by atoms with Gasteiger partial charge in [-0.15, -0.1) is 0 Å². The van der Waals surface area contributed by atoms with E-state index in [1.807, 2.05) is 0 Å². The third-order valence-electron chi connectivity index (χ3n) is 5.59. The van der Waals surface area contributed by atoms with Crippen molar-refractivity contribution in [3.05, 3.63) is 42.0 Å². The SMILES string of the molecule is COc1ccc2ccccc2c1CN1C[C@@H]2CC[C@H]1CN(C)C2. The van der Waals surface area contributed by atoms with Gasteiger partial charge in [0.1, 0.15) is 5.75 Å². The number of rotatable bonds is 3. The number of hydrogen-bond acceptors (Lipinski definition) is 3. The lowest BCUT2D eigenvalue weighted by Gasteiger charge is -2.36. The van der Waals surface area contributed by atoms with E-state index < -0.39 is 0 Å². The van der Waals surface area contributed by atoms with E-state index in [0.717, 1.165) is 18.2 Å². The summed E-state index contributed by atoms with van der Waals surface area (Å²) in [5, 5.41) is 2.64. The Morgan fingerprint density at radius 1 is 1.04 bits per heavy atom. The van der Waals surface area contributed by atoms with Crippen LogP contribution in [0.15, 0.2) is 36.4 Å². The van der Waals surface area contributed by atoms with Gasteiger partial charge in [0, 0.05) is 37.8 Å². The zero-order valence-corrected chi connectivity index (χ0v) is 14.2. The smallest absolute Gasteiger partial charge is 0.123 e. The molecule has 3 nitrogen and oxygen atoms in total. The Morgan fingerprint density at radius 2 is 1.91 bits per heavy atom. The van der Waals surface area contributed by atoms with E-state index in [2.05, 4.69) is 53.2 Å². The minimum absolute atomic E-state index is 0.683. The van der Waals surface area contributed by atoms with E-state index in [-0.39, 0.29) is 0 Å². The molecule has 0 saturated carbocycles. The number of hydrogen-bond donors (Lipinski definition) is 0.